The van der Waals surface area contributed by atoms with E-state index < -0.39 is 11.5 Å². The Morgan fingerprint density at radius 3 is 2.82 bits per heavy atom. The van der Waals surface area contributed by atoms with Gasteiger partial charge in [-0.1, -0.05) is 12.6 Å². The van der Waals surface area contributed by atoms with E-state index in [0.29, 0.717) is 53.4 Å². The first-order valence-electron chi connectivity index (χ1n) is 13.0. The molecule has 10 nitrogen and oxygen atoms in total. The number of hydrogen-bond donors (Lipinski definition) is 3. The fourth-order valence-corrected chi connectivity index (χ4v) is 5.24. The summed E-state index contributed by atoms with van der Waals surface area (Å²) in [5.41, 5.74) is 1.06. The lowest BCUT2D eigenvalue weighted by atomic mass is 9.94. The predicted octanol–water partition coefficient (Wildman–Crippen LogP) is 2.58. The minimum absolute atomic E-state index is 0.0179. The summed E-state index contributed by atoms with van der Waals surface area (Å²) < 4.78 is 28.5. The highest BCUT2D eigenvalue weighted by molar-refractivity contribution is 6.01. The molecule has 0 radical (unpaired) electrons. The number of rotatable bonds is 8. The third-order valence-electron chi connectivity index (χ3n) is 7.11. The van der Waals surface area contributed by atoms with Crippen LogP contribution in [0.1, 0.15) is 18.5 Å². The van der Waals surface area contributed by atoms with Gasteiger partial charge in [0.15, 0.2) is 5.75 Å². The van der Waals surface area contributed by atoms with Gasteiger partial charge in [-0.2, -0.15) is 4.98 Å². The van der Waals surface area contributed by atoms with Crippen molar-refractivity contribution in [1.82, 2.24) is 19.8 Å². The molecular weight excluding hydrogens is 505 g/mol. The Morgan fingerprint density at radius 2 is 2.10 bits per heavy atom. The van der Waals surface area contributed by atoms with Crippen LogP contribution in [0.25, 0.3) is 22.0 Å². The number of carbonyl (C=O) groups is 1. The van der Waals surface area contributed by atoms with Gasteiger partial charge in [-0.15, -0.1) is 0 Å². The van der Waals surface area contributed by atoms with Crippen molar-refractivity contribution in [3.05, 3.63) is 58.8 Å². The number of phenols is 1. The largest absolute Gasteiger partial charge is 0.507 e. The molecule has 11 heteroatoms. The van der Waals surface area contributed by atoms with E-state index in [2.05, 4.69) is 27.1 Å². The van der Waals surface area contributed by atoms with Crippen LogP contribution >= 0.6 is 0 Å². The van der Waals surface area contributed by atoms with Crippen molar-refractivity contribution in [1.29, 1.82) is 0 Å². The lowest BCUT2D eigenvalue weighted by molar-refractivity contribution is -0.116. The fraction of sp³-hybridized carbons (Fsp3) is 0.393. The maximum Gasteiger partial charge on any atom is 0.350 e. The minimum Gasteiger partial charge on any atom is -0.507 e. The van der Waals surface area contributed by atoms with Crippen LogP contribution in [0, 0.1) is 12.7 Å². The summed E-state index contributed by atoms with van der Waals surface area (Å²) >= 11 is 0. The third kappa shape index (κ3) is 5.19. The second kappa shape index (κ2) is 11.0. The monoisotopic (exact) mass is 537 g/mol. The summed E-state index contributed by atoms with van der Waals surface area (Å²) in [6.45, 7) is 10.8. The molecule has 1 saturated heterocycles. The van der Waals surface area contributed by atoms with Crippen LogP contribution in [0.4, 0.5) is 10.2 Å². The van der Waals surface area contributed by atoms with Gasteiger partial charge >= 0.3 is 5.69 Å². The second-order valence-electron chi connectivity index (χ2n) is 9.91. The molecule has 0 spiro atoms. The number of carbonyl (C=O) groups excluding carboxylic acids is 1. The van der Waals surface area contributed by atoms with Gasteiger partial charge < -0.3 is 25.2 Å². The molecule has 2 aromatic carbocycles. The number of morpholine rings is 1. The Hall–Kier alpha value is -3.96. The summed E-state index contributed by atoms with van der Waals surface area (Å²) in [4.78, 5) is 31.8. The van der Waals surface area contributed by atoms with E-state index in [4.69, 9.17) is 9.47 Å². The number of nitrogens with one attached hydrogen (secondary N) is 2. The minimum atomic E-state index is -0.597. The first-order chi connectivity index (χ1) is 18.8. The summed E-state index contributed by atoms with van der Waals surface area (Å²) in [5.74, 6) is -0.478. The van der Waals surface area contributed by atoms with Crippen LogP contribution in [-0.2, 0) is 9.53 Å². The highest BCUT2D eigenvalue weighted by Gasteiger charge is 2.32. The van der Waals surface area contributed by atoms with Crippen LogP contribution < -0.4 is 21.1 Å². The van der Waals surface area contributed by atoms with Gasteiger partial charge in [-0.3, -0.25) is 14.3 Å². The lowest BCUT2D eigenvalue weighted by Crippen LogP contribution is -2.45. The molecule has 2 atom stereocenters. The summed E-state index contributed by atoms with van der Waals surface area (Å²) in [5, 5.41) is 17.2. The number of nitrogens with zero attached hydrogens (tertiary/aromatic N) is 3. The molecule has 0 aliphatic carbocycles. The van der Waals surface area contributed by atoms with E-state index in [-0.39, 0.29) is 42.5 Å². The molecule has 3 aromatic rings. The van der Waals surface area contributed by atoms with E-state index in [1.807, 2.05) is 13.0 Å². The van der Waals surface area contributed by atoms with Crippen molar-refractivity contribution < 1.29 is 23.8 Å². The number of halogens is 1. The van der Waals surface area contributed by atoms with E-state index in [9.17, 15) is 14.7 Å². The summed E-state index contributed by atoms with van der Waals surface area (Å²) in [7, 11) is 0. The maximum atomic E-state index is 15.1. The number of anilines is 1. The van der Waals surface area contributed by atoms with Crippen LogP contribution in [0.2, 0.25) is 0 Å². The molecule has 206 valence electrons. The summed E-state index contributed by atoms with van der Waals surface area (Å²) in [6, 6.07) is 5.35. The maximum absolute atomic E-state index is 15.1. The molecule has 0 unspecified atom stereocenters. The Labute approximate surface area is 225 Å². The average Bonchev–Trinajstić information content (AvgIpc) is 2.92. The third-order valence-corrected chi connectivity index (χ3v) is 7.11. The molecule has 1 fully saturated rings. The van der Waals surface area contributed by atoms with Crippen LogP contribution in [0.3, 0.4) is 0 Å². The summed E-state index contributed by atoms with van der Waals surface area (Å²) in [6.07, 6.45) is 1.19. The smallest absolute Gasteiger partial charge is 0.350 e. The molecule has 2 aliphatic heterocycles. The van der Waals surface area contributed by atoms with Gasteiger partial charge in [0, 0.05) is 43.2 Å². The van der Waals surface area contributed by atoms with Crippen molar-refractivity contribution >= 4 is 22.6 Å². The Morgan fingerprint density at radius 1 is 1.33 bits per heavy atom. The SMILES string of the molecule is C=CC(=O)NC[C@H](C)Nc1nc(=O)n2c3c(c(-c4c(O)cccc4F)c(C)cc13)OC[C@H]2CN1CCOCC1. The fourth-order valence-electron chi connectivity index (χ4n) is 5.24. The molecule has 1 amide bonds. The zero-order valence-corrected chi connectivity index (χ0v) is 22.0. The molecule has 0 bridgehead atoms. The molecule has 1 aromatic heterocycles. The molecular formula is C28H32FN5O5. The topological polar surface area (TPSA) is 118 Å². The van der Waals surface area contributed by atoms with E-state index in [0.717, 1.165) is 13.1 Å². The van der Waals surface area contributed by atoms with Crippen LogP contribution in [-0.4, -0.2) is 77.5 Å². The van der Waals surface area contributed by atoms with Crippen molar-refractivity contribution in [3.63, 3.8) is 0 Å². The Bertz CT molecular complexity index is 1460. The van der Waals surface area contributed by atoms with Crippen LogP contribution in [0.5, 0.6) is 11.5 Å². The number of phenolic OH excluding ortho intramolecular Hbond substituents is 1. The van der Waals surface area contributed by atoms with Crippen molar-refractivity contribution in [2.75, 3.05) is 51.3 Å². The number of aromatic hydroxyl groups is 1. The van der Waals surface area contributed by atoms with Gasteiger partial charge in [0.25, 0.3) is 0 Å². The first-order valence-corrected chi connectivity index (χ1v) is 13.0. The van der Waals surface area contributed by atoms with Gasteiger partial charge in [0.2, 0.25) is 5.91 Å². The predicted molar refractivity (Wildman–Crippen MR) is 146 cm³/mol. The number of amides is 1. The van der Waals surface area contributed by atoms with Crippen LogP contribution in [0.15, 0.2) is 41.7 Å². The van der Waals surface area contributed by atoms with Gasteiger partial charge in [-0.25, -0.2) is 9.18 Å². The Kier molecular flexibility index (Phi) is 7.53. The highest BCUT2D eigenvalue weighted by atomic mass is 19.1. The zero-order chi connectivity index (χ0) is 27.7. The second-order valence-corrected chi connectivity index (χ2v) is 9.91. The zero-order valence-electron chi connectivity index (χ0n) is 22.0. The lowest BCUT2D eigenvalue weighted by Gasteiger charge is -2.35. The van der Waals surface area contributed by atoms with Crippen molar-refractivity contribution in [2.24, 2.45) is 0 Å². The number of hydrogen-bond acceptors (Lipinski definition) is 8. The number of aryl methyl sites for hydroxylation is 1. The molecule has 3 heterocycles. The van der Waals surface area contributed by atoms with E-state index >= 15 is 4.39 Å². The molecule has 3 N–H and O–H groups in total. The van der Waals surface area contributed by atoms with E-state index in [1.54, 1.807) is 11.5 Å². The van der Waals surface area contributed by atoms with Crippen molar-refractivity contribution in [3.8, 4) is 22.6 Å². The standard InChI is InChI=1S/C28H32FN5O5/c1-4-22(36)30-13-17(3)31-27-19-12-16(2)23(24-20(29)6-5-7-21(24)35)26-25(19)34(28(37)32-27)18(15-39-26)14-33-8-10-38-11-9-33/h4-7,12,17-18,35H,1,8-11,13-15H2,2-3H3,(H,30,36)(H,31,32,37)/t17-,18+/m0/s1. The average molecular weight is 538 g/mol. The Balaban J connectivity index is 1.67. The number of benzene rings is 2. The molecule has 0 saturated carbocycles. The molecule has 39 heavy (non-hydrogen) atoms. The molecule has 5 rings (SSSR count). The van der Waals surface area contributed by atoms with E-state index in [1.165, 1.54) is 24.3 Å². The first kappa shape index (κ1) is 26.6. The highest BCUT2D eigenvalue weighted by Crippen LogP contribution is 2.47. The van der Waals surface area contributed by atoms with Gasteiger partial charge in [0.1, 0.15) is 24.0 Å². The quantitative estimate of drug-likeness (QED) is 0.376. The molecule has 2 aliphatic rings. The normalized spacial score (nSPS) is 17.9. The number of aromatic nitrogens is 2. The van der Waals surface area contributed by atoms with Crippen molar-refractivity contribution in [2.45, 2.75) is 25.9 Å². The number of ether oxygens (including phenoxy) is 2. The van der Waals surface area contributed by atoms with Gasteiger partial charge in [-0.05, 0) is 43.7 Å². The van der Waals surface area contributed by atoms with Gasteiger partial charge in [0.05, 0.1) is 30.3 Å².